The summed E-state index contributed by atoms with van der Waals surface area (Å²) in [6.45, 7) is 5.67. The van der Waals surface area contributed by atoms with Crippen LogP contribution in [-0.2, 0) is 20.2 Å². The van der Waals surface area contributed by atoms with E-state index >= 15 is 0 Å². The second-order valence-corrected chi connectivity index (χ2v) is 9.44. The van der Waals surface area contributed by atoms with Crippen LogP contribution in [0.4, 0.5) is 11.4 Å². The number of halogens is 1. The van der Waals surface area contributed by atoms with Crippen molar-refractivity contribution in [3.63, 3.8) is 0 Å². The van der Waals surface area contributed by atoms with Crippen LogP contribution in [0.2, 0.25) is 5.02 Å². The first-order valence-corrected chi connectivity index (χ1v) is 10.3. The molecule has 2 aromatic rings. The van der Waals surface area contributed by atoms with Crippen molar-refractivity contribution in [3.05, 3.63) is 59.1 Å². The van der Waals surface area contributed by atoms with Gasteiger partial charge in [-0.25, -0.2) is 8.42 Å². The lowest BCUT2D eigenvalue weighted by Gasteiger charge is -2.29. The van der Waals surface area contributed by atoms with Crippen LogP contribution in [0.25, 0.3) is 0 Å². The molecule has 7 heteroatoms. The molecular formula is C19H23ClN2O3S. The summed E-state index contributed by atoms with van der Waals surface area (Å²) in [5.41, 5.74) is 1.59. The van der Waals surface area contributed by atoms with Crippen molar-refractivity contribution in [1.82, 2.24) is 0 Å². The smallest absolute Gasteiger partial charge is 0.245 e. The minimum Gasteiger partial charge on any atom is -0.324 e. The Labute approximate surface area is 160 Å². The fourth-order valence-corrected chi connectivity index (χ4v) is 3.66. The quantitative estimate of drug-likeness (QED) is 0.832. The average Bonchev–Trinajstić information content (AvgIpc) is 2.51. The largest absolute Gasteiger partial charge is 0.324 e. The summed E-state index contributed by atoms with van der Waals surface area (Å²) >= 11 is 5.92. The minimum absolute atomic E-state index is 0.275. The maximum absolute atomic E-state index is 12.5. The minimum atomic E-state index is -3.65. The Bertz CT molecular complexity index is 905. The number of carbonyl (C=O) groups excluding carboxylic acids is 1. The van der Waals surface area contributed by atoms with Gasteiger partial charge in [0.25, 0.3) is 0 Å². The third-order valence-electron chi connectivity index (χ3n) is 3.78. The van der Waals surface area contributed by atoms with Crippen LogP contribution in [0.15, 0.2) is 48.5 Å². The molecule has 0 aliphatic rings. The Morgan fingerprint density at radius 3 is 2.35 bits per heavy atom. The highest BCUT2D eigenvalue weighted by molar-refractivity contribution is 7.92. The van der Waals surface area contributed by atoms with E-state index in [0.29, 0.717) is 16.4 Å². The third kappa shape index (κ3) is 5.22. The first kappa shape index (κ1) is 20.3. The molecule has 0 radical (unpaired) electrons. The molecule has 5 nitrogen and oxygen atoms in total. The number of para-hydroxylation sites is 1. The maximum Gasteiger partial charge on any atom is 0.245 e. The van der Waals surface area contributed by atoms with Gasteiger partial charge in [0.05, 0.1) is 11.9 Å². The number of hydrogen-bond acceptors (Lipinski definition) is 3. The number of benzene rings is 2. The Kier molecular flexibility index (Phi) is 5.98. The van der Waals surface area contributed by atoms with Gasteiger partial charge in [-0.3, -0.25) is 9.10 Å². The van der Waals surface area contributed by atoms with Gasteiger partial charge < -0.3 is 5.32 Å². The van der Waals surface area contributed by atoms with Gasteiger partial charge in [0.15, 0.2) is 0 Å². The molecule has 0 heterocycles. The zero-order chi connectivity index (χ0) is 19.5. The number of hydrogen-bond donors (Lipinski definition) is 1. The molecule has 0 aliphatic heterocycles. The molecule has 2 rings (SSSR count). The van der Waals surface area contributed by atoms with Crippen LogP contribution in [0.5, 0.6) is 0 Å². The van der Waals surface area contributed by atoms with Gasteiger partial charge in [-0.05, 0) is 35.2 Å². The van der Waals surface area contributed by atoms with Crippen molar-refractivity contribution in [2.45, 2.75) is 26.2 Å². The molecule has 0 fully saturated rings. The van der Waals surface area contributed by atoms with Crippen LogP contribution in [0.1, 0.15) is 26.3 Å². The number of carbonyl (C=O) groups is 1. The predicted molar refractivity (Wildman–Crippen MR) is 107 cm³/mol. The van der Waals surface area contributed by atoms with Gasteiger partial charge in [-0.2, -0.15) is 0 Å². The normalized spacial score (nSPS) is 11.9. The standard InChI is InChI=1S/C19H23ClN2O3S/c1-19(2,3)16-10-5-6-11-17(16)22(26(4,24)25)13-18(23)21-15-9-7-8-14(20)12-15/h5-12H,13H2,1-4H3,(H,21,23). The lowest BCUT2D eigenvalue weighted by atomic mass is 9.86. The van der Waals surface area contributed by atoms with Crippen LogP contribution in [-0.4, -0.2) is 27.1 Å². The average molecular weight is 395 g/mol. The van der Waals surface area contributed by atoms with Crippen LogP contribution in [0.3, 0.4) is 0 Å². The highest BCUT2D eigenvalue weighted by Crippen LogP contribution is 2.33. The molecule has 1 N–H and O–H groups in total. The molecule has 0 spiro atoms. The van der Waals surface area contributed by atoms with E-state index in [0.717, 1.165) is 16.1 Å². The van der Waals surface area contributed by atoms with E-state index in [1.807, 2.05) is 32.9 Å². The van der Waals surface area contributed by atoms with Crippen LogP contribution in [0, 0.1) is 0 Å². The molecule has 0 saturated carbocycles. The molecule has 2 aromatic carbocycles. The van der Waals surface area contributed by atoms with E-state index in [9.17, 15) is 13.2 Å². The van der Waals surface area contributed by atoms with E-state index in [4.69, 9.17) is 11.6 Å². The van der Waals surface area contributed by atoms with E-state index in [-0.39, 0.29) is 12.0 Å². The van der Waals surface area contributed by atoms with Crippen LogP contribution < -0.4 is 9.62 Å². The lowest BCUT2D eigenvalue weighted by molar-refractivity contribution is -0.114. The van der Waals surface area contributed by atoms with Gasteiger partial charge in [-0.1, -0.05) is 56.6 Å². The molecule has 0 aromatic heterocycles. The molecule has 26 heavy (non-hydrogen) atoms. The molecule has 140 valence electrons. The van der Waals surface area contributed by atoms with Gasteiger partial charge in [0.1, 0.15) is 6.54 Å². The zero-order valence-corrected chi connectivity index (χ0v) is 16.9. The number of amides is 1. The maximum atomic E-state index is 12.5. The SMILES string of the molecule is CC(C)(C)c1ccccc1N(CC(=O)Nc1cccc(Cl)c1)S(C)(=O)=O. The first-order valence-electron chi connectivity index (χ1n) is 8.11. The van der Waals surface area contributed by atoms with Gasteiger partial charge in [0.2, 0.25) is 15.9 Å². The van der Waals surface area contributed by atoms with E-state index < -0.39 is 15.9 Å². The Hall–Kier alpha value is -2.05. The second-order valence-electron chi connectivity index (χ2n) is 7.10. The number of anilines is 2. The van der Waals surface area contributed by atoms with Crippen molar-refractivity contribution < 1.29 is 13.2 Å². The molecule has 0 bridgehead atoms. The Balaban J connectivity index is 2.34. The van der Waals surface area contributed by atoms with Gasteiger partial charge >= 0.3 is 0 Å². The molecular weight excluding hydrogens is 372 g/mol. The number of rotatable bonds is 5. The first-order chi connectivity index (χ1) is 12.0. The number of nitrogens with zero attached hydrogens (tertiary/aromatic N) is 1. The van der Waals surface area contributed by atoms with Gasteiger partial charge in [0, 0.05) is 10.7 Å². The fraction of sp³-hybridized carbons (Fsp3) is 0.316. The summed E-state index contributed by atoms with van der Waals surface area (Å²) in [6, 6.07) is 13.9. The van der Waals surface area contributed by atoms with E-state index in [2.05, 4.69) is 5.32 Å². The molecule has 0 aliphatic carbocycles. The molecule has 1 amide bonds. The fourth-order valence-electron chi connectivity index (χ4n) is 2.60. The molecule has 0 saturated heterocycles. The highest BCUT2D eigenvalue weighted by Gasteiger charge is 2.27. The van der Waals surface area contributed by atoms with Crippen LogP contribution >= 0.6 is 11.6 Å². The third-order valence-corrected chi connectivity index (χ3v) is 5.14. The lowest BCUT2D eigenvalue weighted by Crippen LogP contribution is -2.38. The van der Waals surface area contributed by atoms with E-state index in [1.165, 1.54) is 0 Å². The monoisotopic (exact) mass is 394 g/mol. The van der Waals surface area contributed by atoms with Crippen molar-refractivity contribution in [2.24, 2.45) is 0 Å². The zero-order valence-electron chi connectivity index (χ0n) is 15.3. The number of sulfonamides is 1. The summed E-state index contributed by atoms with van der Waals surface area (Å²) in [5.74, 6) is -0.443. The van der Waals surface area contributed by atoms with Crippen molar-refractivity contribution in [3.8, 4) is 0 Å². The summed E-state index contributed by atoms with van der Waals surface area (Å²) in [4.78, 5) is 12.5. The predicted octanol–water partition coefficient (Wildman–Crippen LogP) is 4.04. The molecule has 0 atom stereocenters. The van der Waals surface area contributed by atoms with Crippen molar-refractivity contribution in [2.75, 3.05) is 22.4 Å². The topological polar surface area (TPSA) is 66.5 Å². The summed E-state index contributed by atoms with van der Waals surface area (Å²) in [5, 5.41) is 3.17. The second kappa shape index (κ2) is 7.68. The summed E-state index contributed by atoms with van der Waals surface area (Å²) in [6.07, 6.45) is 1.10. The Morgan fingerprint density at radius 1 is 1.12 bits per heavy atom. The van der Waals surface area contributed by atoms with Crippen molar-refractivity contribution in [1.29, 1.82) is 0 Å². The highest BCUT2D eigenvalue weighted by atomic mass is 35.5. The summed E-state index contributed by atoms with van der Waals surface area (Å²) < 4.78 is 25.9. The van der Waals surface area contributed by atoms with E-state index in [1.54, 1.807) is 36.4 Å². The Morgan fingerprint density at radius 2 is 1.77 bits per heavy atom. The number of nitrogens with one attached hydrogen (secondary N) is 1. The van der Waals surface area contributed by atoms with Gasteiger partial charge in [-0.15, -0.1) is 0 Å². The molecule has 0 unspecified atom stereocenters. The van der Waals surface area contributed by atoms with Crippen molar-refractivity contribution >= 4 is 38.9 Å². The summed E-state index contributed by atoms with van der Waals surface area (Å²) in [7, 11) is -3.65.